The number of nitrogens with zero attached hydrogens (tertiary/aromatic N) is 3. The van der Waals surface area contributed by atoms with Gasteiger partial charge in [0, 0.05) is 25.2 Å². The third kappa shape index (κ3) is 3.30. The topological polar surface area (TPSA) is 52.0 Å². The minimum atomic E-state index is 0.681. The van der Waals surface area contributed by atoms with Crippen molar-refractivity contribution in [1.29, 1.82) is 0 Å². The van der Waals surface area contributed by atoms with Gasteiger partial charge < -0.3 is 14.6 Å². The van der Waals surface area contributed by atoms with Crippen LogP contribution in [0.5, 0.6) is 0 Å². The third-order valence-corrected chi connectivity index (χ3v) is 3.35. The van der Waals surface area contributed by atoms with Crippen LogP contribution in [0.3, 0.4) is 0 Å². The average Bonchev–Trinajstić information content (AvgIpc) is 2.90. The first kappa shape index (κ1) is 13.0. The zero-order valence-electron chi connectivity index (χ0n) is 10.9. The Bertz CT molecular complexity index is 506. The molecule has 0 aliphatic heterocycles. The quantitative estimate of drug-likeness (QED) is 0.871. The minimum Gasteiger partial charge on any atom is -0.383 e. The van der Waals surface area contributed by atoms with Crippen molar-refractivity contribution in [2.24, 2.45) is 0 Å². The number of imidazole rings is 1. The standard InChI is InChI=1S/C12H18N4OS/c1-9-7-16(4-5-17-3)12(14-9)13-6-11-8-18-10(2)15-11/h7-8H,4-6H2,1-3H3,(H,13,14). The summed E-state index contributed by atoms with van der Waals surface area (Å²) in [4.78, 5) is 8.88. The fourth-order valence-corrected chi connectivity index (χ4v) is 2.32. The maximum Gasteiger partial charge on any atom is 0.203 e. The number of anilines is 1. The molecule has 0 unspecified atom stereocenters. The van der Waals surface area contributed by atoms with Crippen LogP contribution in [0.4, 0.5) is 5.95 Å². The molecule has 18 heavy (non-hydrogen) atoms. The summed E-state index contributed by atoms with van der Waals surface area (Å²) in [6.45, 7) is 6.18. The van der Waals surface area contributed by atoms with E-state index in [1.807, 2.05) is 20.0 Å². The number of methoxy groups -OCH3 is 1. The third-order valence-electron chi connectivity index (χ3n) is 2.53. The Balaban J connectivity index is 1.99. The number of nitrogens with one attached hydrogen (secondary N) is 1. The molecule has 0 atom stereocenters. The predicted molar refractivity (Wildman–Crippen MR) is 73.0 cm³/mol. The lowest BCUT2D eigenvalue weighted by Crippen LogP contribution is -2.10. The van der Waals surface area contributed by atoms with Crippen LogP contribution in [0.15, 0.2) is 11.6 Å². The molecule has 2 rings (SSSR count). The number of ether oxygens (including phenoxy) is 1. The fraction of sp³-hybridized carbons (Fsp3) is 0.500. The van der Waals surface area contributed by atoms with E-state index in [-0.39, 0.29) is 0 Å². The van der Waals surface area contributed by atoms with Crippen molar-refractivity contribution < 1.29 is 4.74 Å². The lowest BCUT2D eigenvalue weighted by molar-refractivity contribution is 0.187. The number of thiazole rings is 1. The number of hydrogen-bond acceptors (Lipinski definition) is 5. The highest BCUT2D eigenvalue weighted by molar-refractivity contribution is 7.09. The van der Waals surface area contributed by atoms with Gasteiger partial charge in [-0.2, -0.15) is 0 Å². The molecule has 0 aromatic carbocycles. The normalized spacial score (nSPS) is 10.8. The van der Waals surface area contributed by atoms with Gasteiger partial charge in [0.1, 0.15) is 0 Å². The molecule has 98 valence electrons. The first-order valence-corrected chi connectivity index (χ1v) is 6.74. The highest BCUT2D eigenvalue weighted by atomic mass is 32.1. The van der Waals surface area contributed by atoms with Gasteiger partial charge in [0.05, 0.1) is 29.5 Å². The van der Waals surface area contributed by atoms with E-state index in [1.165, 1.54) is 0 Å². The summed E-state index contributed by atoms with van der Waals surface area (Å²) in [5.74, 6) is 0.871. The van der Waals surface area contributed by atoms with Gasteiger partial charge in [-0.3, -0.25) is 0 Å². The van der Waals surface area contributed by atoms with Crippen molar-refractivity contribution in [2.45, 2.75) is 26.9 Å². The Labute approximate surface area is 111 Å². The van der Waals surface area contributed by atoms with Gasteiger partial charge in [0.2, 0.25) is 5.95 Å². The number of aryl methyl sites for hydroxylation is 2. The second kappa shape index (κ2) is 5.97. The summed E-state index contributed by atoms with van der Waals surface area (Å²) in [5, 5.41) is 6.47. The van der Waals surface area contributed by atoms with Crippen LogP contribution in [0.25, 0.3) is 0 Å². The van der Waals surface area contributed by atoms with Gasteiger partial charge in [-0.25, -0.2) is 9.97 Å². The number of rotatable bonds is 6. The van der Waals surface area contributed by atoms with E-state index < -0.39 is 0 Å². The van der Waals surface area contributed by atoms with Crippen molar-refractivity contribution in [3.63, 3.8) is 0 Å². The Kier molecular flexibility index (Phi) is 4.33. The van der Waals surface area contributed by atoms with Crippen LogP contribution in [-0.4, -0.2) is 28.3 Å². The highest BCUT2D eigenvalue weighted by Crippen LogP contribution is 2.12. The summed E-state index contributed by atoms with van der Waals surface area (Å²) < 4.78 is 7.16. The molecule has 0 spiro atoms. The maximum absolute atomic E-state index is 5.09. The fourth-order valence-electron chi connectivity index (χ4n) is 1.71. The van der Waals surface area contributed by atoms with E-state index >= 15 is 0 Å². The number of aromatic nitrogens is 3. The molecule has 2 aromatic rings. The molecular weight excluding hydrogens is 248 g/mol. The smallest absolute Gasteiger partial charge is 0.203 e. The van der Waals surface area contributed by atoms with Crippen molar-refractivity contribution in [3.05, 3.63) is 28.0 Å². The summed E-state index contributed by atoms with van der Waals surface area (Å²) in [6.07, 6.45) is 2.02. The Morgan fingerprint density at radius 3 is 2.89 bits per heavy atom. The molecule has 5 nitrogen and oxygen atoms in total. The predicted octanol–water partition coefficient (Wildman–Crippen LogP) is 2.21. The Hall–Kier alpha value is -1.40. The Morgan fingerprint density at radius 2 is 2.22 bits per heavy atom. The van der Waals surface area contributed by atoms with Crippen LogP contribution in [0.2, 0.25) is 0 Å². The van der Waals surface area contributed by atoms with E-state index in [1.54, 1.807) is 18.4 Å². The SMILES string of the molecule is COCCn1cc(C)nc1NCc1csc(C)n1. The number of hydrogen-bond donors (Lipinski definition) is 1. The van der Waals surface area contributed by atoms with Gasteiger partial charge in [0.15, 0.2) is 0 Å². The van der Waals surface area contributed by atoms with Crippen LogP contribution in [0, 0.1) is 13.8 Å². The van der Waals surface area contributed by atoms with E-state index in [4.69, 9.17) is 4.74 Å². The van der Waals surface area contributed by atoms with Crippen LogP contribution in [-0.2, 0) is 17.8 Å². The zero-order chi connectivity index (χ0) is 13.0. The summed E-state index contributed by atoms with van der Waals surface area (Å²) in [6, 6.07) is 0. The van der Waals surface area contributed by atoms with Crippen molar-refractivity contribution in [1.82, 2.24) is 14.5 Å². The molecule has 2 heterocycles. The summed E-state index contributed by atoms with van der Waals surface area (Å²) in [7, 11) is 1.70. The molecule has 0 aliphatic carbocycles. The molecule has 0 amide bonds. The minimum absolute atomic E-state index is 0.681. The van der Waals surface area contributed by atoms with Gasteiger partial charge in [-0.15, -0.1) is 11.3 Å². The average molecular weight is 266 g/mol. The molecule has 0 saturated carbocycles. The van der Waals surface area contributed by atoms with E-state index in [0.29, 0.717) is 13.2 Å². The molecule has 1 N–H and O–H groups in total. The van der Waals surface area contributed by atoms with E-state index in [2.05, 4.69) is 25.2 Å². The van der Waals surface area contributed by atoms with Gasteiger partial charge >= 0.3 is 0 Å². The maximum atomic E-state index is 5.09. The first-order valence-electron chi connectivity index (χ1n) is 5.86. The van der Waals surface area contributed by atoms with Gasteiger partial charge in [0.25, 0.3) is 0 Å². The van der Waals surface area contributed by atoms with Crippen LogP contribution >= 0.6 is 11.3 Å². The molecule has 0 saturated heterocycles. The largest absolute Gasteiger partial charge is 0.383 e. The highest BCUT2D eigenvalue weighted by Gasteiger charge is 2.06. The Morgan fingerprint density at radius 1 is 1.39 bits per heavy atom. The van der Waals surface area contributed by atoms with Crippen LogP contribution < -0.4 is 5.32 Å². The van der Waals surface area contributed by atoms with Gasteiger partial charge in [-0.1, -0.05) is 0 Å². The molecule has 0 bridgehead atoms. The molecule has 0 radical (unpaired) electrons. The lowest BCUT2D eigenvalue weighted by atomic mass is 10.5. The lowest BCUT2D eigenvalue weighted by Gasteiger charge is -2.08. The van der Waals surface area contributed by atoms with Crippen LogP contribution in [0.1, 0.15) is 16.4 Å². The summed E-state index contributed by atoms with van der Waals surface area (Å²) >= 11 is 1.66. The molecule has 2 aromatic heterocycles. The van der Waals surface area contributed by atoms with Crippen molar-refractivity contribution >= 4 is 17.3 Å². The first-order chi connectivity index (χ1) is 8.69. The molecule has 0 fully saturated rings. The molecule has 6 heteroatoms. The second-order valence-corrected chi connectivity index (χ2v) is 5.17. The van der Waals surface area contributed by atoms with Crippen molar-refractivity contribution in [2.75, 3.05) is 19.0 Å². The zero-order valence-corrected chi connectivity index (χ0v) is 11.8. The van der Waals surface area contributed by atoms with E-state index in [0.717, 1.165) is 28.9 Å². The second-order valence-electron chi connectivity index (χ2n) is 4.10. The molecular formula is C12H18N4OS. The molecule has 0 aliphatic rings. The monoisotopic (exact) mass is 266 g/mol. The van der Waals surface area contributed by atoms with Crippen molar-refractivity contribution in [3.8, 4) is 0 Å². The summed E-state index contributed by atoms with van der Waals surface area (Å²) in [5.41, 5.74) is 2.06. The van der Waals surface area contributed by atoms with E-state index in [9.17, 15) is 0 Å². The van der Waals surface area contributed by atoms with Gasteiger partial charge in [-0.05, 0) is 13.8 Å².